The van der Waals surface area contributed by atoms with E-state index in [1.54, 1.807) is 13.0 Å². The van der Waals surface area contributed by atoms with E-state index in [0.717, 1.165) is 12.3 Å². The molecule has 0 saturated heterocycles. The van der Waals surface area contributed by atoms with Crippen molar-refractivity contribution in [3.63, 3.8) is 0 Å². The minimum Gasteiger partial charge on any atom is -0.306 e. The van der Waals surface area contributed by atoms with Gasteiger partial charge in [0.15, 0.2) is 16.8 Å². The molecule has 0 radical (unpaired) electrons. The standard InChI is InChI=1S/C18H14F4N2O2S/c1-11-6-13(8-14(19)7-11)17-23-16(18(20,21)22)9-24(17)15-4-2-12(3-5-15)10-27(25)26/h2-9H,10H2,1H3,(H,25,26). The van der Waals surface area contributed by atoms with Gasteiger partial charge in [0.25, 0.3) is 0 Å². The Morgan fingerprint density at radius 3 is 2.37 bits per heavy atom. The number of hydrogen-bond acceptors (Lipinski definition) is 2. The number of nitrogens with zero attached hydrogens (tertiary/aromatic N) is 2. The van der Waals surface area contributed by atoms with E-state index in [-0.39, 0.29) is 17.1 Å². The van der Waals surface area contributed by atoms with Crippen LogP contribution in [0.2, 0.25) is 0 Å². The number of benzene rings is 2. The van der Waals surface area contributed by atoms with Gasteiger partial charge in [0, 0.05) is 17.4 Å². The maximum absolute atomic E-state index is 13.8. The highest BCUT2D eigenvalue weighted by molar-refractivity contribution is 7.78. The highest BCUT2D eigenvalue weighted by Crippen LogP contribution is 2.33. The molecule has 1 unspecified atom stereocenters. The zero-order valence-corrected chi connectivity index (χ0v) is 14.8. The predicted octanol–water partition coefficient (Wildman–Crippen LogP) is 4.73. The number of rotatable bonds is 4. The molecule has 0 saturated carbocycles. The number of alkyl halides is 3. The van der Waals surface area contributed by atoms with Crippen molar-refractivity contribution in [2.75, 3.05) is 0 Å². The molecule has 3 aromatic rings. The third-order valence-electron chi connectivity index (χ3n) is 3.80. The van der Waals surface area contributed by atoms with Crippen LogP contribution in [0.5, 0.6) is 0 Å². The van der Waals surface area contributed by atoms with E-state index in [4.69, 9.17) is 4.55 Å². The van der Waals surface area contributed by atoms with Gasteiger partial charge in [-0.1, -0.05) is 12.1 Å². The molecule has 2 aromatic carbocycles. The first-order valence-electron chi connectivity index (χ1n) is 7.74. The van der Waals surface area contributed by atoms with Crippen LogP contribution in [0.1, 0.15) is 16.8 Å². The summed E-state index contributed by atoms with van der Waals surface area (Å²) in [5.74, 6) is -0.717. The third-order valence-corrected chi connectivity index (χ3v) is 4.38. The number of hydrogen-bond donors (Lipinski definition) is 1. The molecule has 1 N–H and O–H groups in total. The molecule has 0 aliphatic carbocycles. The van der Waals surface area contributed by atoms with Crippen LogP contribution in [0.4, 0.5) is 17.6 Å². The average molecular weight is 398 g/mol. The minimum absolute atomic E-state index is 0.0524. The molecule has 0 aliphatic rings. The molecule has 0 spiro atoms. The van der Waals surface area contributed by atoms with Crippen molar-refractivity contribution in [3.05, 3.63) is 71.3 Å². The van der Waals surface area contributed by atoms with Gasteiger partial charge in [0.1, 0.15) is 11.6 Å². The van der Waals surface area contributed by atoms with E-state index in [9.17, 15) is 21.8 Å². The minimum atomic E-state index is -4.66. The molecule has 4 nitrogen and oxygen atoms in total. The second kappa shape index (κ2) is 7.24. The zero-order valence-electron chi connectivity index (χ0n) is 14.0. The second-order valence-corrected chi connectivity index (χ2v) is 6.90. The van der Waals surface area contributed by atoms with Gasteiger partial charge < -0.3 is 4.55 Å². The summed E-state index contributed by atoms with van der Waals surface area (Å²) in [7, 11) is 0. The maximum Gasteiger partial charge on any atom is 0.434 e. The fourth-order valence-corrected chi connectivity index (χ4v) is 3.16. The van der Waals surface area contributed by atoms with E-state index in [2.05, 4.69) is 4.98 Å². The van der Waals surface area contributed by atoms with Gasteiger partial charge in [-0.05, 0) is 48.4 Å². The first kappa shape index (κ1) is 19.2. The molecule has 0 bridgehead atoms. The summed E-state index contributed by atoms with van der Waals surface area (Å²) in [4.78, 5) is 3.66. The summed E-state index contributed by atoms with van der Waals surface area (Å²) < 4.78 is 74.3. The smallest absolute Gasteiger partial charge is 0.306 e. The molecule has 27 heavy (non-hydrogen) atoms. The maximum atomic E-state index is 13.8. The van der Waals surface area contributed by atoms with E-state index in [0.29, 0.717) is 16.8 Å². The monoisotopic (exact) mass is 398 g/mol. The molecule has 1 atom stereocenters. The molecule has 9 heteroatoms. The van der Waals surface area contributed by atoms with Crippen LogP contribution in [-0.4, -0.2) is 18.3 Å². The number of aromatic nitrogens is 2. The van der Waals surface area contributed by atoms with Gasteiger partial charge in [-0.25, -0.2) is 13.6 Å². The van der Waals surface area contributed by atoms with Crippen molar-refractivity contribution < 1.29 is 26.3 Å². The van der Waals surface area contributed by atoms with Crippen molar-refractivity contribution in [1.29, 1.82) is 0 Å². The normalized spacial score (nSPS) is 13.0. The van der Waals surface area contributed by atoms with Gasteiger partial charge in [-0.15, -0.1) is 0 Å². The summed E-state index contributed by atoms with van der Waals surface area (Å²) in [6, 6.07) is 10.0. The van der Waals surface area contributed by atoms with Gasteiger partial charge in [-0.3, -0.25) is 4.57 Å². The Kier molecular flexibility index (Phi) is 5.16. The quantitative estimate of drug-likeness (QED) is 0.511. The van der Waals surface area contributed by atoms with Gasteiger partial charge in [-0.2, -0.15) is 13.2 Å². The highest BCUT2D eigenvalue weighted by Gasteiger charge is 2.35. The zero-order chi connectivity index (χ0) is 19.8. The predicted molar refractivity (Wildman–Crippen MR) is 93.2 cm³/mol. The number of imidazole rings is 1. The van der Waals surface area contributed by atoms with Crippen LogP contribution < -0.4 is 0 Å². The van der Waals surface area contributed by atoms with Crippen molar-refractivity contribution in [1.82, 2.24) is 9.55 Å². The Labute approximate surface area is 154 Å². The van der Waals surface area contributed by atoms with Crippen LogP contribution in [-0.2, 0) is 23.0 Å². The van der Waals surface area contributed by atoms with Crippen molar-refractivity contribution >= 4 is 11.1 Å². The molecule has 0 aliphatic heterocycles. The SMILES string of the molecule is Cc1cc(F)cc(-c2nc(C(F)(F)F)cn2-c2ccc(CS(=O)O)cc2)c1. The number of aryl methyl sites for hydroxylation is 1. The van der Waals surface area contributed by atoms with Crippen LogP contribution in [0.3, 0.4) is 0 Å². The molecular weight excluding hydrogens is 384 g/mol. The van der Waals surface area contributed by atoms with Crippen LogP contribution >= 0.6 is 0 Å². The van der Waals surface area contributed by atoms with E-state index >= 15 is 0 Å². The van der Waals surface area contributed by atoms with E-state index in [1.807, 2.05) is 0 Å². The van der Waals surface area contributed by atoms with Crippen LogP contribution in [0.25, 0.3) is 17.1 Å². The first-order chi connectivity index (χ1) is 12.6. The lowest BCUT2D eigenvalue weighted by Gasteiger charge is -2.09. The molecule has 0 fully saturated rings. The first-order valence-corrected chi connectivity index (χ1v) is 9.02. The highest BCUT2D eigenvalue weighted by atomic mass is 32.2. The molecule has 3 rings (SSSR count). The Bertz CT molecular complexity index is 977. The largest absolute Gasteiger partial charge is 0.434 e. The van der Waals surface area contributed by atoms with Gasteiger partial charge in [0.05, 0.1) is 5.75 Å². The molecule has 1 aromatic heterocycles. The Morgan fingerprint density at radius 2 is 1.81 bits per heavy atom. The third kappa shape index (κ3) is 4.42. The van der Waals surface area contributed by atoms with Crippen LogP contribution in [0, 0.1) is 12.7 Å². The van der Waals surface area contributed by atoms with E-state index in [1.165, 1.54) is 34.9 Å². The lowest BCUT2D eigenvalue weighted by atomic mass is 10.1. The van der Waals surface area contributed by atoms with E-state index < -0.39 is 28.8 Å². The summed E-state index contributed by atoms with van der Waals surface area (Å²) in [5.41, 5.74) is 0.582. The molecular formula is C18H14F4N2O2S. The number of halogens is 4. The average Bonchev–Trinajstić information content (AvgIpc) is 2.99. The Balaban J connectivity index is 2.13. The summed E-state index contributed by atoms with van der Waals surface area (Å²) >= 11 is -2.02. The second-order valence-electron chi connectivity index (χ2n) is 5.97. The molecule has 1 heterocycles. The van der Waals surface area contributed by atoms with Gasteiger partial charge >= 0.3 is 6.18 Å². The van der Waals surface area contributed by atoms with Crippen molar-refractivity contribution in [2.45, 2.75) is 18.9 Å². The Morgan fingerprint density at radius 1 is 1.15 bits per heavy atom. The molecule has 0 amide bonds. The topological polar surface area (TPSA) is 55.1 Å². The molecule has 142 valence electrons. The fourth-order valence-electron chi connectivity index (χ4n) is 2.68. The summed E-state index contributed by atoms with van der Waals surface area (Å²) in [6.45, 7) is 1.63. The lowest BCUT2D eigenvalue weighted by Crippen LogP contribution is -2.05. The van der Waals surface area contributed by atoms with Gasteiger partial charge in [0.2, 0.25) is 0 Å². The van der Waals surface area contributed by atoms with Crippen LogP contribution in [0.15, 0.2) is 48.7 Å². The fraction of sp³-hybridized carbons (Fsp3) is 0.167. The Hall–Kier alpha value is -2.52. The van der Waals surface area contributed by atoms with Crippen molar-refractivity contribution in [2.24, 2.45) is 0 Å². The summed E-state index contributed by atoms with van der Waals surface area (Å²) in [6.07, 6.45) is -3.81. The van der Waals surface area contributed by atoms with Crippen molar-refractivity contribution in [3.8, 4) is 17.1 Å². The summed E-state index contributed by atoms with van der Waals surface area (Å²) in [5, 5.41) is 0. The lowest BCUT2D eigenvalue weighted by molar-refractivity contribution is -0.140.